The normalized spacial score (nSPS) is 9.94. The zero-order chi connectivity index (χ0) is 12.3. The van der Waals surface area contributed by atoms with Crippen molar-refractivity contribution in [1.82, 2.24) is 9.97 Å². The molecule has 0 saturated carbocycles. The molecule has 2 heterocycles. The molecule has 86 valence electrons. The highest BCUT2D eigenvalue weighted by Gasteiger charge is 2.07. The molecule has 3 N–H and O–H groups in total. The maximum Gasteiger partial charge on any atom is 0.156 e. The number of nitrogens with one attached hydrogen (secondary N) is 1. The summed E-state index contributed by atoms with van der Waals surface area (Å²) in [5, 5.41) is 7.43. The fraction of sp³-hybridized carbons (Fsp3) is 0. The van der Waals surface area contributed by atoms with Crippen LogP contribution in [-0.2, 0) is 0 Å². The van der Waals surface area contributed by atoms with Crippen LogP contribution in [0, 0.1) is 5.41 Å². The van der Waals surface area contributed by atoms with Gasteiger partial charge in [0.1, 0.15) is 11.6 Å². The molecule has 0 fully saturated rings. The lowest BCUT2D eigenvalue weighted by atomic mass is 10.2. The van der Waals surface area contributed by atoms with E-state index in [9.17, 15) is 0 Å². The topological polar surface area (TPSA) is 84.9 Å². The molecule has 0 unspecified atom stereocenters. The van der Waals surface area contributed by atoms with Gasteiger partial charge in [-0.15, -0.1) is 0 Å². The zero-order valence-electron chi connectivity index (χ0n) is 8.72. The molecule has 0 aromatic carbocycles. The Morgan fingerprint density at radius 2 is 2.12 bits per heavy atom. The largest absolute Gasteiger partial charge is 0.453 e. The average molecular weight is 293 g/mol. The van der Waals surface area contributed by atoms with Gasteiger partial charge in [-0.1, -0.05) is 0 Å². The molecule has 2 rings (SSSR count). The summed E-state index contributed by atoms with van der Waals surface area (Å²) in [6, 6.07) is 3.40. The maximum atomic E-state index is 7.43. The van der Waals surface area contributed by atoms with Crippen molar-refractivity contribution < 1.29 is 4.74 Å². The highest BCUT2D eigenvalue weighted by atomic mass is 79.9. The molecule has 0 aliphatic carbocycles. The number of nitrogens with zero attached hydrogens (tertiary/aromatic N) is 2. The summed E-state index contributed by atoms with van der Waals surface area (Å²) >= 11 is 3.30. The summed E-state index contributed by atoms with van der Waals surface area (Å²) in [6.07, 6.45) is 6.30. The lowest BCUT2D eigenvalue weighted by Crippen LogP contribution is -2.12. The Morgan fingerprint density at radius 1 is 1.29 bits per heavy atom. The van der Waals surface area contributed by atoms with Crippen LogP contribution in [-0.4, -0.2) is 15.8 Å². The molecule has 0 aliphatic heterocycles. The highest BCUT2D eigenvalue weighted by molar-refractivity contribution is 9.10. The molecular weight excluding hydrogens is 284 g/mol. The van der Waals surface area contributed by atoms with E-state index >= 15 is 0 Å². The Bertz CT molecular complexity index is 559. The minimum Gasteiger partial charge on any atom is -0.453 e. The van der Waals surface area contributed by atoms with Gasteiger partial charge in [-0.25, -0.2) is 0 Å². The number of ether oxygens (including phenoxy) is 1. The van der Waals surface area contributed by atoms with Crippen molar-refractivity contribution in [2.24, 2.45) is 5.73 Å². The molecule has 0 aliphatic rings. The van der Waals surface area contributed by atoms with E-state index in [1.165, 1.54) is 6.20 Å². The monoisotopic (exact) mass is 292 g/mol. The third kappa shape index (κ3) is 2.79. The van der Waals surface area contributed by atoms with E-state index in [1.54, 1.807) is 30.7 Å². The Hall–Kier alpha value is -1.95. The second kappa shape index (κ2) is 4.92. The minimum absolute atomic E-state index is 0.0645. The Morgan fingerprint density at radius 3 is 2.82 bits per heavy atom. The van der Waals surface area contributed by atoms with Crippen molar-refractivity contribution >= 4 is 21.8 Å². The number of hydrogen-bond acceptors (Lipinski definition) is 4. The van der Waals surface area contributed by atoms with Crippen LogP contribution in [0.4, 0.5) is 0 Å². The number of aromatic nitrogens is 2. The second-order valence-corrected chi connectivity index (χ2v) is 4.14. The first kappa shape index (κ1) is 11.5. The summed E-state index contributed by atoms with van der Waals surface area (Å²) in [4.78, 5) is 7.91. The van der Waals surface area contributed by atoms with E-state index in [0.29, 0.717) is 17.1 Å². The summed E-state index contributed by atoms with van der Waals surface area (Å²) in [6.45, 7) is 0. The quantitative estimate of drug-likeness (QED) is 0.671. The standard InChI is InChI=1S/C11H9BrN4O/c12-7-3-8(5-16-4-7)17-10-6-15-2-1-9(10)11(13)14/h1-6H,(H3,13,14). The van der Waals surface area contributed by atoms with Crippen molar-refractivity contribution in [1.29, 1.82) is 5.41 Å². The van der Waals surface area contributed by atoms with Gasteiger partial charge in [-0.05, 0) is 28.1 Å². The molecule has 6 heteroatoms. The lowest BCUT2D eigenvalue weighted by Gasteiger charge is -2.09. The van der Waals surface area contributed by atoms with Crippen LogP contribution in [0.25, 0.3) is 0 Å². The van der Waals surface area contributed by atoms with Crippen LogP contribution in [0.2, 0.25) is 0 Å². The fourth-order valence-electron chi connectivity index (χ4n) is 1.26. The molecule has 17 heavy (non-hydrogen) atoms. The van der Waals surface area contributed by atoms with Gasteiger partial charge in [0.25, 0.3) is 0 Å². The predicted octanol–water partition coefficient (Wildman–Crippen LogP) is 2.32. The van der Waals surface area contributed by atoms with Crippen molar-refractivity contribution in [2.75, 3.05) is 0 Å². The van der Waals surface area contributed by atoms with E-state index in [-0.39, 0.29) is 5.84 Å². The smallest absolute Gasteiger partial charge is 0.156 e. The van der Waals surface area contributed by atoms with Gasteiger partial charge < -0.3 is 10.5 Å². The Balaban J connectivity index is 2.33. The molecule has 0 saturated heterocycles. The van der Waals surface area contributed by atoms with Crippen LogP contribution in [0.1, 0.15) is 5.56 Å². The summed E-state index contributed by atoms with van der Waals surface area (Å²) in [5.41, 5.74) is 5.95. The number of amidine groups is 1. The van der Waals surface area contributed by atoms with Crippen LogP contribution in [0.3, 0.4) is 0 Å². The number of hydrogen-bond donors (Lipinski definition) is 2. The predicted molar refractivity (Wildman–Crippen MR) is 67.3 cm³/mol. The van der Waals surface area contributed by atoms with Gasteiger partial charge in [0, 0.05) is 16.9 Å². The van der Waals surface area contributed by atoms with Gasteiger partial charge in [-0.3, -0.25) is 15.4 Å². The first-order valence-electron chi connectivity index (χ1n) is 4.73. The molecule has 0 bridgehead atoms. The second-order valence-electron chi connectivity index (χ2n) is 3.23. The third-order valence-corrected chi connectivity index (χ3v) is 2.42. The summed E-state index contributed by atoms with van der Waals surface area (Å²) in [5.74, 6) is 0.917. The van der Waals surface area contributed by atoms with Crippen LogP contribution < -0.4 is 10.5 Å². The van der Waals surface area contributed by atoms with E-state index in [4.69, 9.17) is 15.9 Å². The first-order chi connectivity index (χ1) is 8.16. The van der Waals surface area contributed by atoms with Crippen molar-refractivity contribution in [2.45, 2.75) is 0 Å². The van der Waals surface area contributed by atoms with Gasteiger partial charge in [0.2, 0.25) is 0 Å². The number of rotatable bonds is 3. The maximum absolute atomic E-state index is 7.43. The molecule has 2 aromatic heterocycles. The van der Waals surface area contributed by atoms with Crippen LogP contribution >= 0.6 is 15.9 Å². The highest BCUT2D eigenvalue weighted by Crippen LogP contribution is 2.25. The Kier molecular flexibility index (Phi) is 3.34. The molecule has 0 spiro atoms. The van der Waals surface area contributed by atoms with Crippen LogP contribution in [0.5, 0.6) is 11.5 Å². The Labute approximate surface area is 106 Å². The van der Waals surface area contributed by atoms with Crippen LogP contribution in [0.15, 0.2) is 41.4 Å². The van der Waals surface area contributed by atoms with E-state index in [2.05, 4.69) is 25.9 Å². The van der Waals surface area contributed by atoms with Crippen molar-refractivity contribution in [3.63, 3.8) is 0 Å². The molecule has 0 amide bonds. The first-order valence-corrected chi connectivity index (χ1v) is 5.53. The molecular formula is C11H9BrN4O. The number of halogens is 1. The van der Waals surface area contributed by atoms with Crippen molar-refractivity contribution in [3.8, 4) is 11.5 Å². The van der Waals surface area contributed by atoms with E-state index in [0.717, 1.165) is 4.47 Å². The van der Waals surface area contributed by atoms with Crippen molar-refractivity contribution in [3.05, 3.63) is 47.0 Å². The molecule has 0 radical (unpaired) electrons. The molecule has 2 aromatic rings. The summed E-state index contributed by atoms with van der Waals surface area (Å²) < 4.78 is 6.38. The zero-order valence-corrected chi connectivity index (χ0v) is 10.3. The molecule has 0 atom stereocenters. The number of pyridine rings is 2. The van der Waals surface area contributed by atoms with E-state index < -0.39 is 0 Å². The lowest BCUT2D eigenvalue weighted by molar-refractivity contribution is 0.476. The third-order valence-electron chi connectivity index (χ3n) is 1.98. The number of nitrogens with two attached hydrogens (primary N) is 1. The fourth-order valence-corrected chi connectivity index (χ4v) is 1.60. The average Bonchev–Trinajstić information content (AvgIpc) is 2.29. The van der Waals surface area contributed by atoms with Gasteiger partial charge in [0.15, 0.2) is 5.75 Å². The SMILES string of the molecule is N=C(N)c1ccncc1Oc1cncc(Br)c1. The molecule has 5 nitrogen and oxygen atoms in total. The van der Waals surface area contributed by atoms with Gasteiger partial charge >= 0.3 is 0 Å². The summed E-state index contributed by atoms with van der Waals surface area (Å²) in [7, 11) is 0. The van der Waals surface area contributed by atoms with Gasteiger partial charge in [0.05, 0.1) is 18.0 Å². The number of nitrogen functional groups attached to an aromatic ring is 1. The minimum atomic E-state index is -0.0645. The van der Waals surface area contributed by atoms with E-state index in [1.807, 2.05) is 0 Å². The van der Waals surface area contributed by atoms with Gasteiger partial charge in [-0.2, -0.15) is 0 Å².